The van der Waals surface area contributed by atoms with Crippen molar-refractivity contribution in [2.45, 2.75) is 0 Å². The molecule has 112 valence electrons. The molecule has 0 bridgehead atoms. The standard InChI is InChI=1S/C16H11ClN6/c17-12-4-2-6-14(8-12)21-16-22-15(10-19-23-16)20-13-5-1-3-11(7-13)9-18/h1-8,10H,(H2,20,21,22,23). The summed E-state index contributed by atoms with van der Waals surface area (Å²) in [7, 11) is 0. The Kier molecular flexibility index (Phi) is 4.32. The van der Waals surface area contributed by atoms with Crippen LogP contribution in [0.4, 0.5) is 23.1 Å². The van der Waals surface area contributed by atoms with E-state index < -0.39 is 0 Å². The van der Waals surface area contributed by atoms with Crippen molar-refractivity contribution in [2.75, 3.05) is 10.6 Å². The molecule has 2 aromatic carbocycles. The first kappa shape index (κ1) is 14.8. The first-order chi connectivity index (χ1) is 11.2. The van der Waals surface area contributed by atoms with Crippen LogP contribution in [0.2, 0.25) is 5.02 Å². The third kappa shape index (κ3) is 3.93. The lowest BCUT2D eigenvalue weighted by Crippen LogP contribution is -2.02. The second-order valence-electron chi connectivity index (χ2n) is 4.62. The molecule has 0 unspecified atom stereocenters. The Morgan fingerprint density at radius 1 is 1.00 bits per heavy atom. The van der Waals surface area contributed by atoms with Gasteiger partial charge in [0.05, 0.1) is 17.8 Å². The van der Waals surface area contributed by atoms with Gasteiger partial charge in [-0.05, 0) is 36.4 Å². The maximum absolute atomic E-state index is 8.92. The van der Waals surface area contributed by atoms with E-state index in [9.17, 15) is 0 Å². The van der Waals surface area contributed by atoms with Crippen LogP contribution in [0.1, 0.15) is 5.56 Å². The van der Waals surface area contributed by atoms with Crippen LogP contribution in [-0.4, -0.2) is 15.2 Å². The molecule has 6 nitrogen and oxygen atoms in total. The molecule has 0 amide bonds. The number of benzene rings is 2. The molecule has 0 aliphatic rings. The first-order valence-electron chi connectivity index (χ1n) is 6.72. The summed E-state index contributed by atoms with van der Waals surface area (Å²) in [6.45, 7) is 0. The summed E-state index contributed by atoms with van der Waals surface area (Å²) < 4.78 is 0. The molecule has 0 aliphatic heterocycles. The molecule has 1 aromatic heterocycles. The highest BCUT2D eigenvalue weighted by Gasteiger charge is 2.03. The molecule has 0 radical (unpaired) electrons. The lowest BCUT2D eigenvalue weighted by atomic mass is 10.2. The molecular formula is C16H11ClN6. The minimum absolute atomic E-state index is 0.341. The van der Waals surface area contributed by atoms with Crippen molar-refractivity contribution in [3.05, 3.63) is 65.3 Å². The number of aromatic nitrogens is 3. The molecule has 0 spiro atoms. The van der Waals surface area contributed by atoms with E-state index in [0.29, 0.717) is 22.4 Å². The van der Waals surface area contributed by atoms with Gasteiger partial charge in [-0.2, -0.15) is 15.3 Å². The molecule has 7 heteroatoms. The fourth-order valence-corrected chi connectivity index (χ4v) is 2.12. The summed E-state index contributed by atoms with van der Waals surface area (Å²) in [4.78, 5) is 4.33. The third-order valence-corrected chi connectivity index (χ3v) is 3.14. The van der Waals surface area contributed by atoms with E-state index in [4.69, 9.17) is 16.9 Å². The highest BCUT2D eigenvalue weighted by molar-refractivity contribution is 6.30. The third-order valence-electron chi connectivity index (χ3n) is 2.90. The molecular weight excluding hydrogens is 312 g/mol. The Morgan fingerprint density at radius 2 is 1.78 bits per heavy atom. The smallest absolute Gasteiger partial charge is 0.249 e. The minimum Gasteiger partial charge on any atom is -0.339 e. The largest absolute Gasteiger partial charge is 0.339 e. The molecule has 0 fully saturated rings. The number of nitriles is 1. The number of halogens is 1. The second kappa shape index (κ2) is 6.73. The molecule has 0 atom stereocenters. The zero-order valence-electron chi connectivity index (χ0n) is 11.9. The van der Waals surface area contributed by atoms with Gasteiger partial charge in [0.2, 0.25) is 5.95 Å². The van der Waals surface area contributed by atoms with Gasteiger partial charge in [-0.3, -0.25) is 0 Å². The molecule has 3 aromatic rings. The van der Waals surface area contributed by atoms with Crippen LogP contribution >= 0.6 is 11.6 Å². The quantitative estimate of drug-likeness (QED) is 0.758. The molecule has 0 saturated carbocycles. The molecule has 3 rings (SSSR count). The summed E-state index contributed by atoms with van der Waals surface area (Å²) in [6, 6.07) is 16.4. The van der Waals surface area contributed by atoms with Gasteiger partial charge in [0.1, 0.15) is 0 Å². The fraction of sp³-hybridized carbons (Fsp3) is 0. The maximum atomic E-state index is 8.92. The summed E-state index contributed by atoms with van der Waals surface area (Å²) in [5, 5.41) is 23.5. The van der Waals surface area contributed by atoms with E-state index in [1.807, 2.05) is 18.2 Å². The van der Waals surface area contributed by atoms with Gasteiger partial charge in [0.15, 0.2) is 5.82 Å². The Hall–Kier alpha value is -3.17. The van der Waals surface area contributed by atoms with Crippen LogP contribution in [0.5, 0.6) is 0 Å². The Bertz CT molecular complexity index is 874. The van der Waals surface area contributed by atoms with Crippen molar-refractivity contribution in [3.8, 4) is 6.07 Å². The Balaban J connectivity index is 1.78. The Morgan fingerprint density at radius 3 is 2.57 bits per heavy atom. The topological polar surface area (TPSA) is 86.5 Å². The van der Waals surface area contributed by atoms with Gasteiger partial charge in [-0.1, -0.05) is 23.7 Å². The van der Waals surface area contributed by atoms with Crippen molar-refractivity contribution >= 4 is 34.7 Å². The summed E-state index contributed by atoms with van der Waals surface area (Å²) >= 11 is 5.94. The highest BCUT2D eigenvalue weighted by atomic mass is 35.5. The minimum atomic E-state index is 0.341. The lowest BCUT2D eigenvalue weighted by Gasteiger charge is -2.08. The van der Waals surface area contributed by atoms with Crippen molar-refractivity contribution in [1.29, 1.82) is 5.26 Å². The predicted octanol–water partition coefficient (Wildman–Crippen LogP) is 3.88. The van der Waals surface area contributed by atoms with Crippen LogP contribution in [-0.2, 0) is 0 Å². The first-order valence-corrected chi connectivity index (χ1v) is 7.10. The van der Waals surface area contributed by atoms with Crippen LogP contribution in [0.15, 0.2) is 54.7 Å². The van der Waals surface area contributed by atoms with Crippen LogP contribution < -0.4 is 10.6 Å². The van der Waals surface area contributed by atoms with E-state index in [1.165, 1.54) is 6.20 Å². The fourth-order valence-electron chi connectivity index (χ4n) is 1.93. The van der Waals surface area contributed by atoms with Gasteiger partial charge < -0.3 is 10.6 Å². The lowest BCUT2D eigenvalue weighted by molar-refractivity contribution is 0.982. The Labute approximate surface area is 137 Å². The van der Waals surface area contributed by atoms with Crippen LogP contribution in [0, 0.1) is 11.3 Å². The van der Waals surface area contributed by atoms with E-state index >= 15 is 0 Å². The van der Waals surface area contributed by atoms with Gasteiger partial charge >= 0.3 is 0 Å². The molecule has 23 heavy (non-hydrogen) atoms. The number of rotatable bonds is 4. The van der Waals surface area contributed by atoms with Crippen molar-refractivity contribution in [3.63, 3.8) is 0 Å². The SMILES string of the molecule is N#Cc1cccc(Nc2cnnc(Nc3cccc(Cl)c3)n2)c1. The molecule has 2 N–H and O–H groups in total. The van der Waals surface area contributed by atoms with E-state index in [2.05, 4.69) is 31.9 Å². The van der Waals surface area contributed by atoms with E-state index in [1.54, 1.807) is 30.3 Å². The average molecular weight is 323 g/mol. The number of nitrogens with one attached hydrogen (secondary N) is 2. The van der Waals surface area contributed by atoms with Gasteiger partial charge in [-0.25, -0.2) is 0 Å². The zero-order valence-corrected chi connectivity index (χ0v) is 12.6. The average Bonchev–Trinajstić information content (AvgIpc) is 2.55. The predicted molar refractivity (Wildman–Crippen MR) is 89.0 cm³/mol. The summed E-state index contributed by atoms with van der Waals surface area (Å²) in [5.74, 6) is 0.855. The number of hydrogen-bond acceptors (Lipinski definition) is 6. The molecule has 1 heterocycles. The van der Waals surface area contributed by atoms with Gasteiger partial charge in [-0.15, -0.1) is 5.10 Å². The number of nitrogens with zero attached hydrogens (tertiary/aromatic N) is 4. The highest BCUT2D eigenvalue weighted by Crippen LogP contribution is 2.19. The van der Waals surface area contributed by atoms with Crippen LogP contribution in [0.3, 0.4) is 0 Å². The second-order valence-corrected chi connectivity index (χ2v) is 5.05. The number of anilines is 4. The van der Waals surface area contributed by atoms with E-state index in [-0.39, 0.29) is 0 Å². The van der Waals surface area contributed by atoms with Crippen molar-refractivity contribution in [1.82, 2.24) is 15.2 Å². The van der Waals surface area contributed by atoms with E-state index in [0.717, 1.165) is 11.4 Å². The van der Waals surface area contributed by atoms with Crippen LogP contribution in [0.25, 0.3) is 0 Å². The summed E-state index contributed by atoms with van der Waals surface area (Å²) in [5.41, 5.74) is 2.08. The normalized spacial score (nSPS) is 9.91. The maximum Gasteiger partial charge on any atom is 0.249 e. The molecule has 0 aliphatic carbocycles. The number of hydrogen-bond donors (Lipinski definition) is 2. The van der Waals surface area contributed by atoms with Crippen molar-refractivity contribution < 1.29 is 0 Å². The monoisotopic (exact) mass is 322 g/mol. The molecule has 0 saturated heterocycles. The van der Waals surface area contributed by atoms with Crippen molar-refractivity contribution in [2.24, 2.45) is 0 Å². The zero-order chi connectivity index (χ0) is 16.1. The van der Waals surface area contributed by atoms with Gasteiger partial charge in [0.25, 0.3) is 0 Å². The van der Waals surface area contributed by atoms with Gasteiger partial charge in [0, 0.05) is 16.4 Å². The summed E-state index contributed by atoms with van der Waals surface area (Å²) in [6.07, 6.45) is 1.50.